The molecule has 21 heavy (non-hydrogen) atoms. The van der Waals surface area contributed by atoms with Gasteiger partial charge in [0.1, 0.15) is 11.6 Å². The van der Waals surface area contributed by atoms with E-state index in [1.807, 2.05) is 0 Å². The van der Waals surface area contributed by atoms with Gasteiger partial charge in [-0.15, -0.1) is 0 Å². The fourth-order valence-corrected chi connectivity index (χ4v) is 2.19. The minimum absolute atomic E-state index is 0.115. The molecule has 3 aromatic rings. The normalized spacial score (nSPS) is 12.0. The fourth-order valence-electron chi connectivity index (χ4n) is 2.19. The average molecular weight is 292 g/mol. The van der Waals surface area contributed by atoms with Crippen molar-refractivity contribution in [2.24, 2.45) is 0 Å². The maximum atomic E-state index is 12.7. The van der Waals surface area contributed by atoms with Gasteiger partial charge in [0, 0.05) is 11.1 Å². The highest BCUT2D eigenvalue weighted by atomic mass is 19.4. The average Bonchev–Trinajstić information content (AvgIpc) is 2.83. The number of aromatic amines is 1. The molecule has 1 aromatic heterocycles. The van der Waals surface area contributed by atoms with Crippen molar-refractivity contribution < 1.29 is 18.3 Å². The number of phenols is 1. The first-order valence-corrected chi connectivity index (χ1v) is 6.22. The van der Waals surface area contributed by atoms with Crippen LogP contribution in [-0.2, 0) is 6.18 Å². The van der Waals surface area contributed by atoms with Gasteiger partial charge in [0.2, 0.25) is 0 Å². The highest BCUT2D eigenvalue weighted by Gasteiger charge is 2.30. The van der Waals surface area contributed by atoms with Crippen molar-refractivity contribution >= 4 is 11.0 Å². The molecule has 0 amide bonds. The number of imidazole rings is 1. The van der Waals surface area contributed by atoms with Gasteiger partial charge in [-0.25, -0.2) is 4.98 Å². The van der Waals surface area contributed by atoms with Gasteiger partial charge in [0.05, 0.1) is 16.6 Å². The van der Waals surface area contributed by atoms with Gasteiger partial charge < -0.3 is 10.1 Å². The molecule has 108 valence electrons. The SMILES string of the molecule is Cc1c(O)cccc1-c1nc2ccc(C(F)(F)F)cc2[nH]1. The van der Waals surface area contributed by atoms with Crippen molar-refractivity contribution in [3.8, 4) is 17.1 Å². The summed E-state index contributed by atoms with van der Waals surface area (Å²) in [5.41, 5.74) is 1.30. The van der Waals surface area contributed by atoms with Crippen LogP contribution in [0.15, 0.2) is 36.4 Å². The van der Waals surface area contributed by atoms with E-state index in [4.69, 9.17) is 0 Å². The lowest BCUT2D eigenvalue weighted by Crippen LogP contribution is -2.04. The Morgan fingerprint density at radius 1 is 1.14 bits per heavy atom. The number of halogens is 3. The second kappa shape index (κ2) is 4.51. The summed E-state index contributed by atoms with van der Waals surface area (Å²) >= 11 is 0. The second-order valence-corrected chi connectivity index (χ2v) is 4.76. The Balaban J connectivity index is 2.15. The zero-order valence-electron chi connectivity index (χ0n) is 11.0. The number of phenolic OH excluding ortho intramolecular Hbond substituents is 1. The maximum absolute atomic E-state index is 12.7. The lowest BCUT2D eigenvalue weighted by atomic mass is 10.1. The number of alkyl halides is 3. The third-order valence-electron chi connectivity index (χ3n) is 3.37. The first-order chi connectivity index (χ1) is 9.86. The summed E-state index contributed by atoms with van der Waals surface area (Å²) in [4.78, 5) is 7.14. The Kier molecular flexibility index (Phi) is 2.90. The molecular formula is C15H11F3N2O. The van der Waals surface area contributed by atoms with E-state index in [9.17, 15) is 18.3 Å². The van der Waals surface area contributed by atoms with Gasteiger partial charge in [-0.3, -0.25) is 0 Å². The molecule has 0 radical (unpaired) electrons. The maximum Gasteiger partial charge on any atom is 0.416 e. The van der Waals surface area contributed by atoms with Gasteiger partial charge in [0.15, 0.2) is 0 Å². The van der Waals surface area contributed by atoms with Crippen molar-refractivity contribution in [2.75, 3.05) is 0 Å². The van der Waals surface area contributed by atoms with Gasteiger partial charge in [0.25, 0.3) is 0 Å². The van der Waals surface area contributed by atoms with Gasteiger partial charge >= 0.3 is 6.18 Å². The van der Waals surface area contributed by atoms with Crippen LogP contribution in [-0.4, -0.2) is 15.1 Å². The number of H-pyrrole nitrogens is 1. The third-order valence-corrected chi connectivity index (χ3v) is 3.37. The highest BCUT2D eigenvalue weighted by molar-refractivity contribution is 5.81. The van der Waals surface area contributed by atoms with E-state index in [1.165, 1.54) is 6.07 Å². The predicted molar refractivity (Wildman–Crippen MR) is 72.9 cm³/mol. The summed E-state index contributed by atoms with van der Waals surface area (Å²) < 4.78 is 38.1. The molecule has 0 unspecified atom stereocenters. The smallest absolute Gasteiger partial charge is 0.416 e. The number of benzene rings is 2. The number of nitrogens with one attached hydrogen (secondary N) is 1. The summed E-state index contributed by atoms with van der Waals surface area (Å²) in [6.07, 6.45) is -4.39. The molecule has 0 aliphatic carbocycles. The molecule has 0 aliphatic heterocycles. The molecule has 0 saturated carbocycles. The van der Waals surface area contributed by atoms with Crippen LogP contribution in [0.1, 0.15) is 11.1 Å². The molecule has 3 rings (SSSR count). The molecule has 0 spiro atoms. The van der Waals surface area contributed by atoms with Crippen LogP contribution in [0.2, 0.25) is 0 Å². The summed E-state index contributed by atoms with van der Waals surface area (Å²) in [6, 6.07) is 8.31. The Bertz CT molecular complexity index is 821. The number of nitrogens with zero attached hydrogens (tertiary/aromatic N) is 1. The monoisotopic (exact) mass is 292 g/mol. The summed E-state index contributed by atoms with van der Waals surface area (Å²) in [7, 11) is 0. The topological polar surface area (TPSA) is 48.9 Å². The number of rotatable bonds is 1. The minimum atomic E-state index is -4.39. The quantitative estimate of drug-likeness (QED) is 0.704. The van der Waals surface area contributed by atoms with Crippen molar-refractivity contribution in [2.45, 2.75) is 13.1 Å². The number of hydrogen-bond acceptors (Lipinski definition) is 2. The van der Waals surface area contributed by atoms with Crippen molar-refractivity contribution in [3.05, 3.63) is 47.5 Å². The Hall–Kier alpha value is -2.50. The Labute approximate surface area is 118 Å². The zero-order chi connectivity index (χ0) is 15.2. The van der Waals surface area contributed by atoms with E-state index in [0.29, 0.717) is 28.0 Å². The number of fused-ring (bicyclic) bond motifs is 1. The van der Waals surface area contributed by atoms with Crippen LogP contribution in [0, 0.1) is 6.92 Å². The predicted octanol–water partition coefficient (Wildman–Crippen LogP) is 4.26. The first-order valence-electron chi connectivity index (χ1n) is 6.22. The molecule has 2 aromatic carbocycles. The largest absolute Gasteiger partial charge is 0.508 e. The number of aromatic hydroxyl groups is 1. The van der Waals surface area contributed by atoms with Crippen LogP contribution >= 0.6 is 0 Å². The van der Waals surface area contributed by atoms with Gasteiger partial charge in [-0.2, -0.15) is 13.2 Å². The Morgan fingerprint density at radius 2 is 1.90 bits per heavy atom. The third kappa shape index (κ3) is 2.33. The molecule has 1 heterocycles. The van der Waals surface area contributed by atoms with Crippen molar-refractivity contribution in [1.29, 1.82) is 0 Å². The number of hydrogen-bond donors (Lipinski definition) is 2. The molecule has 0 saturated heterocycles. The second-order valence-electron chi connectivity index (χ2n) is 4.76. The molecule has 2 N–H and O–H groups in total. The summed E-state index contributed by atoms with van der Waals surface area (Å²) in [6.45, 7) is 1.72. The molecular weight excluding hydrogens is 281 g/mol. The van der Waals surface area contributed by atoms with E-state index >= 15 is 0 Å². The van der Waals surface area contributed by atoms with E-state index in [-0.39, 0.29) is 5.75 Å². The van der Waals surface area contributed by atoms with Gasteiger partial charge in [-0.1, -0.05) is 12.1 Å². The molecule has 0 fully saturated rings. The van der Waals surface area contributed by atoms with E-state index < -0.39 is 11.7 Å². The molecule has 0 atom stereocenters. The van der Waals surface area contributed by atoms with E-state index in [1.54, 1.807) is 25.1 Å². The first kappa shape index (κ1) is 13.5. The molecule has 0 bridgehead atoms. The van der Waals surface area contributed by atoms with Crippen LogP contribution in [0.4, 0.5) is 13.2 Å². The lowest BCUT2D eigenvalue weighted by molar-refractivity contribution is -0.137. The molecule has 0 aliphatic rings. The minimum Gasteiger partial charge on any atom is -0.508 e. The number of aromatic nitrogens is 2. The van der Waals surface area contributed by atoms with Crippen LogP contribution in [0.3, 0.4) is 0 Å². The van der Waals surface area contributed by atoms with E-state index in [2.05, 4.69) is 9.97 Å². The van der Waals surface area contributed by atoms with Crippen molar-refractivity contribution in [1.82, 2.24) is 9.97 Å². The fraction of sp³-hybridized carbons (Fsp3) is 0.133. The summed E-state index contributed by atoms with van der Waals surface area (Å²) in [5.74, 6) is 0.543. The highest BCUT2D eigenvalue weighted by Crippen LogP contribution is 2.33. The van der Waals surface area contributed by atoms with Crippen molar-refractivity contribution in [3.63, 3.8) is 0 Å². The van der Waals surface area contributed by atoms with Crippen LogP contribution in [0.5, 0.6) is 5.75 Å². The standard InChI is InChI=1S/C15H11F3N2O/c1-8-10(3-2-4-13(8)21)14-19-11-6-5-9(15(16,17)18)7-12(11)20-14/h2-7,21H,1H3,(H,19,20). The van der Waals surface area contributed by atoms with E-state index in [0.717, 1.165) is 12.1 Å². The summed E-state index contributed by atoms with van der Waals surface area (Å²) in [5, 5.41) is 9.70. The van der Waals surface area contributed by atoms with Crippen LogP contribution in [0.25, 0.3) is 22.4 Å². The van der Waals surface area contributed by atoms with Crippen LogP contribution < -0.4 is 0 Å². The molecule has 3 nitrogen and oxygen atoms in total. The molecule has 6 heteroatoms. The zero-order valence-corrected chi connectivity index (χ0v) is 11.0. The Morgan fingerprint density at radius 3 is 2.62 bits per heavy atom. The van der Waals surface area contributed by atoms with Gasteiger partial charge in [-0.05, 0) is 31.2 Å². The lowest BCUT2D eigenvalue weighted by Gasteiger charge is -2.05.